The van der Waals surface area contributed by atoms with Crippen molar-refractivity contribution in [2.45, 2.75) is 32.0 Å². The number of ether oxygens (including phenoxy) is 3. The van der Waals surface area contributed by atoms with Gasteiger partial charge in [0.2, 0.25) is 12.0 Å². The number of hydrogen-bond donors (Lipinski definition) is 1. The van der Waals surface area contributed by atoms with Crippen LogP contribution in [0.3, 0.4) is 0 Å². The van der Waals surface area contributed by atoms with Crippen molar-refractivity contribution in [2.24, 2.45) is 5.92 Å². The highest BCUT2D eigenvalue weighted by Gasteiger charge is 2.38. The molecule has 1 N–H and O–H groups in total. The van der Waals surface area contributed by atoms with Crippen molar-refractivity contribution in [3.63, 3.8) is 0 Å². The summed E-state index contributed by atoms with van der Waals surface area (Å²) in [6.07, 6.45) is 4.19. The largest absolute Gasteiger partial charge is 0.457 e. The molecule has 0 bridgehead atoms. The van der Waals surface area contributed by atoms with E-state index < -0.39 is 12.3 Å². The van der Waals surface area contributed by atoms with Crippen molar-refractivity contribution in [1.29, 1.82) is 0 Å². The average molecular weight is 352 g/mol. The first-order valence-corrected chi connectivity index (χ1v) is 9.01. The van der Waals surface area contributed by atoms with Crippen molar-refractivity contribution in [3.8, 4) is 0 Å². The number of allylic oxidation sites excluding steroid dienone is 1. The molecule has 0 radical (unpaired) electrons. The zero-order valence-corrected chi connectivity index (χ0v) is 14.7. The minimum atomic E-state index is -0.537. The maximum Gasteiger partial charge on any atom is 0.373 e. The molecule has 0 saturated heterocycles. The summed E-state index contributed by atoms with van der Waals surface area (Å²) in [5.41, 5.74) is 0. The van der Waals surface area contributed by atoms with Crippen LogP contribution in [0.5, 0.6) is 0 Å². The van der Waals surface area contributed by atoms with E-state index in [0.717, 1.165) is 11.3 Å². The molecule has 24 heavy (non-hydrogen) atoms. The van der Waals surface area contributed by atoms with E-state index in [0.29, 0.717) is 13.0 Å². The summed E-state index contributed by atoms with van der Waals surface area (Å²) in [7, 11) is 0. The summed E-state index contributed by atoms with van der Waals surface area (Å²) >= 11 is 1.63. The predicted octanol–water partition coefficient (Wildman–Crippen LogP) is 3.23. The van der Waals surface area contributed by atoms with Gasteiger partial charge in [0.15, 0.2) is 0 Å². The van der Waals surface area contributed by atoms with Crippen LogP contribution in [-0.4, -0.2) is 37.2 Å². The highest BCUT2D eigenvalue weighted by molar-refractivity contribution is 7.10. The normalized spacial score (nSPS) is 23.2. The van der Waals surface area contributed by atoms with Crippen LogP contribution in [0.2, 0.25) is 0 Å². The number of carbonyl (C=O) groups is 1. The van der Waals surface area contributed by atoms with Crippen LogP contribution in [0.4, 0.5) is 0 Å². The molecule has 0 saturated carbocycles. The number of esters is 1. The molecule has 0 unspecified atom stereocenters. The Bertz CT molecular complexity index is 552. The van der Waals surface area contributed by atoms with Gasteiger partial charge in [0, 0.05) is 29.9 Å². The first kappa shape index (κ1) is 18.7. The van der Waals surface area contributed by atoms with Gasteiger partial charge >= 0.3 is 5.97 Å². The minimum absolute atomic E-state index is 0.00636. The number of aliphatic hydroxyl groups excluding tert-OH is 1. The molecule has 0 fully saturated rings. The fourth-order valence-electron chi connectivity index (χ4n) is 2.77. The molecule has 3 atom stereocenters. The van der Waals surface area contributed by atoms with Crippen LogP contribution < -0.4 is 0 Å². The molecule has 6 heteroatoms. The number of thiophene rings is 1. The van der Waals surface area contributed by atoms with E-state index in [1.807, 2.05) is 30.5 Å². The van der Waals surface area contributed by atoms with Crippen molar-refractivity contribution in [2.75, 3.05) is 19.8 Å². The molecule has 2 rings (SSSR count). The van der Waals surface area contributed by atoms with Crippen molar-refractivity contribution in [1.82, 2.24) is 0 Å². The van der Waals surface area contributed by atoms with Crippen molar-refractivity contribution >= 4 is 17.3 Å². The molecule has 5 nitrogen and oxygen atoms in total. The lowest BCUT2D eigenvalue weighted by Gasteiger charge is -2.36. The Morgan fingerprint density at radius 1 is 1.54 bits per heavy atom. The van der Waals surface area contributed by atoms with E-state index in [1.165, 1.54) is 6.08 Å². The summed E-state index contributed by atoms with van der Waals surface area (Å²) in [5.74, 6) is -0.310. The van der Waals surface area contributed by atoms with Crippen LogP contribution in [0.15, 0.2) is 42.0 Å². The molecule has 2 heterocycles. The number of aliphatic hydroxyl groups is 1. The number of carbonyl (C=O) groups excluding carboxylic acids is 1. The summed E-state index contributed by atoms with van der Waals surface area (Å²) in [5, 5.41) is 11.2. The molecule has 132 valence electrons. The Hall–Kier alpha value is -1.63. The third-order valence-electron chi connectivity index (χ3n) is 3.82. The standard InChI is InChI=1S/C18H24O5S/c1-3-10-22-17(20)15-12-14(16-8-6-11-24-16)13(7-5-9-19)18(23-15)21-4-2/h3,6,8,11-14,18-19H,1,4-5,7,9-10H2,2H3/t13-,14+,18-/m0/s1. The molecule has 0 aliphatic carbocycles. The Kier molecular flexibility index (Phi) is 7.49. The Morgan fingerprint density at radius 3 is 3.00 bits per heavy atom. The van der Waals surface area contributed by atoms with Crippen LogP contribution in [0, 0.1) is 5.92 Å². The van der Waals surface area contributed by atoms with Gasteiger partial charge in [-0.1, -0.05) is 18.7 Å². The second-order valence-electron chi connectivity index (χ2n) is 5.43. The fraction of sp³-hybridized carbons (Fsp3) is 0.500. The van der Waals surface area contributed by atoms with Crippen LogP contribution in [0.1, 0.15) is 30.6 Å². The third-order valence-corrected chi connectivity index (χ3v) is 4.79. The molecule has 1 aliphatic rings. The quantitative estimate of drug-likeness (QED) is 0.546. The monoisotopic (exact) mass is 352 g/mol. The van der Waals surface area contributed by atoms with E-state index >= 15 is 0 Å². The second-order valence-corrected chi connectivity index (χ2v) is 6.41. The molecule has 0 spiro atoms. The van der Waals surface area contributed by atoms with Crippen LogP contribution in [0.25, 0.3) is 0 Å². The van der Waals surface area contributed by atoms with E-state index in [2.05, 4.69) is 6.58 Å². The van der Waals surface area contributed by atoms with E-state index in [-0.39, 0.29) is 30.8 Å². The lowest BCUT2D eigenvalue weighted by molar-refractivity contribution is -0.175. The Morgan fingerprint density at radius 2 is 2.38 bits per heavy atom. The topological polar surface area (TPSA) is 65.0 Å². The van der Waals surface area contributed by atoms with Gasteiger partial charge in [0.1, 0.15) is 6.61 Å². The van der Waals surface area contributed by atoms with Crippen LogP contribution >= 0.6 is 11.3 Å². The van der Waals surface area contributed by atoms with Crippen molar-refractivity contribution in [3.05, 3.63) is 46.9 Å². The predicted molar refractivity (Wildman–Crippen MR) is 92.6 cm³/mol. The van der Waals surface area contributed by atoms with Gasteiger partial charge in [-0.3, -0.25) is 0 Å². The van der Waals surface area contributed by atoms with Gasteiger partial charge in [-0.2, -0.15) is 0 Å². The smallest absolute Gasteiger partial charge is 0.373 e. The lowest BCUT2D eigenvalue weighted by atomic mass is 9.84. The molecule has 1 aliphatic heterocycles. The zero-order valence-electron chi connectivity index (χ0n) is 13.8. The van der Waals surface area contributed by atoms with Gasteiger partial charge in [-0.05, 0) is 37.3 Å². The Labute approximate surface area is 146 Å². The molecular weight excluding hydrogens is 328 g/mol. The number of hydrogen-bond acceptors (Lipinski definition) is 6. The second kappa shape index (κ2) is 9.61. The maximum absolute atomic E-state index is 12.2. The summed E-state index contributed by atoms with van der Waals surface area (Å²) in [6.45, 7) is 6.16. The minimum Gasteiger partial charge on any atom is -0.457 e. The van der Waals surface area contributed by atoms with Gasteiger partial charge in [0.25, 0.3) is 0 Å². The van der Waals surface area contributed by atoms with Crippen LogP contribution in [-0.2, 0) is 19.0 Å². The highest BCUT2D eigenvalue weighted by Crippen LogP contribution is 2.41. The van der Waals surface area contributed by atoms with Gasteiger partial charge in [0.05, 0.1) is 0 Å². The molecule has 0 amide bonds. The first-order chi connectivity index (χ1) is 11.7. The summed E-state index contributed by atoms with van der Waals surface area (Å²) in [6, 6.07) is 4.02. The zero-order chi connectivity index (χ0) is 17.4. The SMILES string of the molecule is C=CCOC(=O)C1=C[C@@H](c2cccs2)[C@H](CCCO)[C@@H](OCC)O1. The summed E-state index contributed by atoms with van der Waals surface area (Å²) in [4.78, 5) is 13.3. The lowest BCUT2D eigenvalue weighted by Crippen LogP contribution is -2.36. The first-order valence-electron chi connectivity index (χ1n) is 8.13. The molecule has 0 aromatic carbocycles. The highest BCUT2D eigenvalue weighted by atomic mass is 32.1. The maximum atomic E-state index is 12.2. The Balaban J connectivity index is 2.29. The summed E-state index contributed by atoms with van der Waals surface area (Å²) < 4.78 is 16.6. The molecule has 1 aromatic rings. The van der Waals surface area contributed by atoms with Gasteiger partial charge in [-0.25, -0.2) is 4.79 Å². The van der Waals surface area contributed by atoms with E-state index in [1.54, 1.807) is 11.3 Å². The molecular formula is C18H24O5S. The van der Waals surface area contributed by atoms with E-state index in [4.69, 9.17) is 14.2 Å². The van der Waals surface area contributed by atoms with Gasteiger partial charge < -0.3 is 19.3 Å². The average Bonchev–Trinajstić information content (AvgIpc) is 3.12. The third kappa shape index (κ3) is 4.69. The van der Waals surface area contributed by atoms with Crippen molar-refractivity contribution < 1.29 is 24.1 Å². The molecule has 1 aromatic heterocycles. The van der Waals surface area contributed by atoms with E-state index in [9.17, 15) is 9.90 Å². The number of rotatable bonds is 9. The fourth-order valence-corrected chi connectivity index (χ4v) is 3.64. The van der Waals surface area contributed by atoms with Gasteiger partial charge in [-0.15, -0.1) is 11.3 Å².